The molecule has 0 aromatic carbocycles. The molecule has 1 heterocycles. The SMILES string of the molecule is CN(CCc1ccncc1)CC(O)(CN)C1CC1. The van der Waals surface area contributed by atoms with Crippen LogP contribution in [0.15, 0.2) is 24.5 Å². The predicted octanol–water partition coefficient (Wildman–Crippen LogP) is 0.656. The summed E-state index contributed by atoms with van der Waals surface area (Å²) in [4.78, 5) is 6.18. The van der Waals surface area contributed by atoms with Crippen molar-refractivity contribution in [2.45, 2.75) is 24.9 Å². The van der Waals surface area contributed by atoms with Crippen LogP contribution in [-0.2, 0) is 6.42 Å². The first-order chi connectivity index (χ1) is 8.64. The Kier molecular flexibility index (Phi) is 4.32. The molecule has 0 amide bonds. The Morgan fingerprint density at radius 3 is 2.67 bits per heavy atom. The first kappa shape index (κ1) is 13.5. The Hall–Kier alpha value is -0.970. The van der Waals surface area contributed by atoms with Gasteiger partial charge in [0.25, 0.3) is 0 Å². The van der Waals surface area contributed by atoms with Crippen molar-refractivity contribution in [3.8, 4) is 0 Å². The van der Waals surface area contributed by atoms with Crippen molar-refractivity contribution in [1.82, 2.24) is 9.88 Å². The maximum Gasteiger partial charge on any atom is 0.0923 e. The maximum absolute atomic E-state index is 10.5. The lowest BCUT2D eigenvalue weighted by atomic mass is 9.97. The number of hydrogen-bond acceptors (Lipinski definition) is 4. The van der Waals surface area contributed by atoms with Crippen molar-refractivity contribution < 1.29 is 5.11 Å². The Bertz CT molecular complexity index is 367. The third kappa shape index (κ3) is 3.51. The summed E-state index contributed by atoms with van der Waals surface area (Å²) in [7, 11) is 2.05. The molecule has 1 aromatic rings. The minimum Gasteiger partial charge on any atom is -0.387 e. The van der Waals surface area contributed by atoms with Gasteiger partial charge in [-0.2, -0.15) is 0 Å². The van der Waals surface area contributed by atoms with Gasteiger partial charge in [0.2, 0.25) is 0 Å². The van der Waals surface area contributed by atoms with Gasteiger partial charge in [-0.3, -0.25) is 4.98 Å². The van der Waals surface area contributed by atoms with Crippen LogP contribution in [0.4, 0.5) is 0 Å². The molecule has 1 atom stereocenters. The zero-order chi connectivity index (χ0) is 13.0. The highest BCUT2D eigenvalue weighted by atomic mass is 16.3. The van der Waals surface area contributed by atoms with E-state index in [2.05, 4.69) is 9.88 Å². The van der Waals surface area contributed by atoms with Crippen LogP contribution in [0.5, 0.6) is 0 Å². The van der Waals surface area contributed by atoms with Crippen molar-refractivity contribution in [2.75, 3.05) is 26.7 Å². The molecule has 18 heavy (non-hydrogen) atoms. The second-order valence-electron chi connectivity index (χ2n) is 5.43. The summed E-state index contributed by atoms with van der Waals surface area (Å²) >= 11 is 0. The fourth-order valence-electron chi connectivity index (χ4n) is 2.40. The van der Waals surface area contributed by atoms with Crippen LogP contribution in [0.2, 0.25) is 0 Å². The Labute approximate surface area is 109 Å². The van der Waals surface area contributed by atoms with Crippen molar-refractivity contribution in [1.29, 1.82) is 0 Å². The molecule has 2 rings (SSSR count). The molecule has 0 spiro atoms. The zero-order valence-electron chi connectivity index (χ0n) is 11.0. The van der Waals surface area contributed by atoms with Crippen molar-refractivity contribution in [3.05, 3.63) is 30.1 Å². The first-order valence-electron chi connectivity index (χ1n) is 6.64. The standard InChI is InChI=1S/C14H23N3O/c1-17(9-6-12-4-7-16-8-5-12)11-14(18,10-15)13-2-3-13/h4-5,7-8,13,18H,2-3,6,9-11,15H2,1H3. The molecule has 0 saturated heterocycles. The fourth-order valence-corrected chi connectivity index (χ4v) is 2.40. The van der Waals surface area contributed by atoms with Gasteiger partial charge in [0, 0.05) is 32.0 Å². The summed E-state index contributed by atoms with van der Waals surface area (Å²) in [6.45, 7) is 1.95. The molecule has 0 aliphatic heterocycles. The van der Waals surface area contributed by atoms with Crippen LogP contribution < -0.4 is 5.73 Å². The Morgan fingerprint density at radius 2 is 2.11 bits per heavy atom. The summed E-state index contributed by atoms with van der Waals surface area (Å²) < 4.78 is 0. The van der Waals surface area contributed by atoms with E-state index in [-0.39, 0.29) is 0 Å². The average molecular weight is 249 g/mol. The summed E-state index contributed by atoms with van der Waals surface area (Å²) in [5, 5.41) is 10.5. The molecule has 1 fully saturated rings. The van der Waals surface area contributed by atoms with E-state index in [1.165, 1.54) is 5.56 Å². The highest BCUT2D eigenvalue weighted by molar-refractivity contribution is 5.10. The van der Waals surface area contributed by atoms with Gasteiger partial charge in [-0.1, -0.05) is 0 Å². The smallest absolute Gasteiger partial charge is 0.0923 e. The second kappa shape index (κ2) is 5.78. The molecule has 4 heteroatoms. The minimum absolute atomic E-state index is 0.358. The second-order valence-corrected chi connectivity index (χ2v) is 5.43. The number of pyridine rings is 1. The normalized spacial score (nSPS) is 18.9. The number of hydrogen-bond donors (Lipinski definition) is 2. The molecular weight excluding hydrogens is 226 g/mol. The van der Waals surface area contributed by atoms with E-state index in [4.69, 9.17) is 5.73 Å². The van der Waals surface area contributed by atoms with E-state index in [0.717, 1.165) is 25.8 Å². The Balaban J connectivity index is 1.79. The molecule has 1 unspecified atom stereocenters. The van der Waals surface area contributed by atoms with Gasteiger partial charge in [0.05, 0.1) is 5.60 Å². The molecule has 1 aliphatic carbocycles. The topological polar surface area (TPSA) is 62.4 Å². The fraction of sp³-hybridized carbons (Fsp3) is 0.643. The molecule has 1 saturated carbocycles. The highest BCUT2D eigenvalue weighted by Gasteiger charge is 2.43. The van der Waals surface area contributed by atoms with E-state index in [1.54, 1.807) is 0 Å². The highest BCUT2D eigenvalue weighted by Crippen LogP contribution is 2.39. The van der Waals surface area contributed by atoms with Gasteiger partial charge in [-0.15, -0.1) is 0 Å². The Morgan fingerprint density at radius 1 is 1.44 bits per heavy atom. The van der Waals surface area contributed by atoms with Crippen LogP contribution in [0.25, 0.3) is 0 Å². The largest absolute Gasteiger partial charge is 0.387 e. The van der Waals surface area contributed by atoms with Gasteiger partial charge in [0.1, 0.15) is 0 Å². The molecule has 4 nitrogen and oxygen atoms in total. The first-order valence-corrected chi connectivity index (χ1v) is 6.64. The average Bonchev–Trinajstić information content (AvgIpc) is 3.22. The summed E-state index contributed by atoms with van der Waals surface area (Å²) in [6.07, 6.45) is 6.84. The van der Waals surface area contributed by atoms with Gasteiger partial charge in [-0.05, 0) is 49.9 Å². The van der Waals surface area contributed by atoms with Gasteiger partial charge in [-0.25, -0.2) is 0 Å². The van der Waals surface area contributed by atoms with Gasteiger partial charge >= 0.3 is 0 Å². The van der Waals surface area contributed by atoms with Crippen LogP contribution in [0.1, 0.15) is 18.4 Å². The van der Waals surface area contributed by atoms with Crippen molar-refractivity contribution in [2.24, 2.45) is 11.7 Å². The molecule has 0 bridgehead atoms. The van der Waals surface area contributed by atoms with Gasteiger partial charge < -0.3 is 15.7 Å². The molecule has 100 valence electrons. The number of nitrogens with zero attached hydrogens (tertiary/aromatic N) is 2. The van der Waals surface area contributed by atoms with Crippen LogP contribution in [-0.4, -0.2) is 47.3 Å². The lowest BCUT2D eigenvalue weighted by Gasteiger charge is -2.31. The van der Waals surface area contributed by atoms with Crippen LogP contribution in [0, 0.1) is 5.92 Å². The summed E-state index contributed by atoms with van der Waals surface area (Å²) in [6, 6.07) is 4.06. The number of nitrogens with two attached hydrogens (primary N) is 1. The third-order valence-electron chi connectivity index (χ3n) is 3.77. The molecule has 0 radical (unpaired) electrons. The van der Waals surface area contributed by atoms with Crippen molar-refractivity contribution >= 4 is 0 Å². The third-order valence-corrected chi connectivity index (χ3v) is 3.77. The van der Waals surface area contributed by atoms with E-state index < -0.39 is 5.60 Å². The van der Waals surface area contributed by atoms with E-state index >= 15 is 0 Å². The van der Waals surface area contributed by atoms with Crippen LogP contribution >= 0.6 is 0 Å². The lowest BCUT2D eigenvalue weighted by Crippen LogP contribution is -2.49. The van der Waals surface area contributed by atoms with E-state index in [9.17, 15) is 5.11 Å². The molecule has 1 aromatic heterocycles. The number of aromatic nitrogens is 1. The maximum atomic E-state index is 10.5. The molecular formula is C14H23N3O. The van der Waals surface area contributed by atoms with Crippen molar-refractivity contribution in [3.63, 3.8) is 0 Å². The number of rotatable bonds is 7. The van der Waals surface area contributed by atoms with E-state index in [0.29, 0.717) is 19.0 Å². The summed E-state index contributed by atoms with van der Waals surface area (Å²) in [5.41, 5.74) is 6.31. The molecule has 3 N–H and O–H groups in total. The monoisotopic (exact) mass is 249 g/mol. The number of likely N-dealkylation sites (N-methyl/N-ethyl adjacent to an activating group) is 1. The van der Waals surface area contributed by atoms with E-state index in [1.807, 2.05) is 31.6 Å². The minimum atomic E-state index is -0.688. The zero-order valence-corrected chi connectivity index (χ0v) is 11.0. The summed E-state index contributed by atoms with van der Waals surface area (Å²) in [5.74, 6) is 0.408. The molecule has 1 aliphatic rings. The van der Waals surface area contributed by atoms with Gasteiger partial charge in [0.15, 0.2) is 0 Å². The number of aliphatic hydroxyl groups is 1. The quantitative estimate of drug-likeness (QED) is 0.745. The van der Waals surface area contributed by atoms with Crippen LogP contribution in [0.3, 0.4) is 0 Å². The lowest BCUT2D eigenvalue weighted by molar-refractivity contribution is -0.00179. The predicted molar refractivity (Wildman–Crippen MR) is 72.2 cm³/mol.